The Bertz CT molecular complexity index is 1150. The fraction of sp³-hybridized carbons (Fsp3) is 0.625. The molecule has 6 nitrogen and oxygen atoms in total. The van der Waals surface area contributed by atoms with Gasteiger partial charge in [0.15, 0.2) is 5.78 Å². The largest absolute Gasteiger partial charge is 0.422 e. The Morgan fingerprint density at radius 2 is 1.71 bits per heavy atom. The summed E-state index contributed by atoms with van der Waals surface area (Å²) in [6.45, 7) is 26.4. The predicted octanol–water partition coefficient (Wildman–Crippen LogP) is 7.37. The van der Waals surface area contributed by atoms with E-state index in [0.29, 0.717) is 18.1 Å². The van der Waals surface area contributed by atoms with Crippen LogP contribution in [0.25, 0.3) is 11.0 Å². The zero-order chi connectivity index (χ0) is 28.9. The number of benzene rings is 1. The molecule has 0 aliphatic heterocycles. The molecule has 1 atom stereocenters. The number of ketones is 1. The summed E-state index contributed by atoms with van der Waals surface area (Å²) in [6.07, 6.45) is 3.98. The monoisotopic (exact) mass is 526 g/mol. The quantitative estimate of drug-likeness (QED) is 0.111. The van der Waals surface area contributed by atoms with Gasteiger partial charge in [-0.2, -0.15) is 5.06 Å². The van der Waals surface area contributed by atoms with Crippen LogP contribution in [-0.4, -0.2) is 44.1 Å². The van der Waals surface area contributed by atoms with Gasteiger partial charge >= 0.3 is 5.63 Å². The second kappa shape index (κ2) is 12.6. The van der Waals surface area contributed by atoms with Crippen LogP contribution in [0.4, 0.5) is 5.69 Å². The van der Waals surface area contributed by atoms with Crippen molar-refractivity contribution in [2.45, 2.75) is 75.2 Å². The summed E-state index contributed by atoms with van der Waals surface area (Å²) in [7, 11) is 1.73. The van der Waals surface area contributed by atoms with Crippen LogP contribution in [0.2, 0.25) is 0 Å². The minimum Gasteiger partial charge on any atom is -0.422 e. The summed E-state index contributed by atoms with van der Waals surface area (Å²) in [5, 5.41) is 2.25. The Morgan fingerprint density at radius 1 is 1.08 bits per heavy atom. The maximum absolute atomic E-state index is 13.0. The molecule has 0 radical (unpaired) electrons. The van der Waals surface area contributed by atoms with E-state index in [1.807, 2.05) is 12.1 Å². The molecule has 0 aliphatic rings. The molecule has 0 N–H and O–H groups in total. The van der Waals surface area contributed by atoms with Crippen molar-refractivity contribution >= 4 is 22.4 Å². The molecular formula is C32H50N2O4. The van der Waals surface area contributed by atoms with E-state index in [1.165, 1.54) is 5.06 Å². The second-order valence-corrected chi connectivity index (χ2v) is 12.8. The van der Waals surface area contributed by atoms with Gasteiger partial charge in [0.2, 0.25) is 0 Å². The molecule has 0 fully saturated rings. The normalized spacial score (nSPS) is 13.7. The van der Waals surface area contributed by atoms with Gasteiger partial charge < -0.3 is 9.32 Å². The highest BCUT2D eigenvalue weighted by molar-refractivity contribution is 5.99. The van der Waals surface area contributed by atoms with Gasteiger partial charge in [-0.05, 0) is 73.1 Å². The molecule has 0 spiro atoms. The van der Waals surface area contributed by atoms with Crippen LogP contribution in [0.1, 0.15) is 85.5 Å². The summed E-state index contributed by atoms with van der Waals surface area (Å²) >= 11 is 0. The molecule has 0 saturated heterocycles. The van der Waals surface area contributed by atoms with Crippen molar-refractivity contribution in [3.05, 3.63) is 52.9 Å². The summed E-state index contributed by atoms with van der Waals surface area (Å²) in [5.74, 6) is 0.0408. The third-order valence-electron chi connectivity index (χ3n) is 8.34. The molecule has 6 heteroatoms. The van der Waals surface area contributed by atoms with E-state index in [4.69, 9.17) is 9.25 Å². The Labute approximate surface area is 230 Å². The maximum Gasteiger partial charge on any atom is 0.347 e. The second-order valence-electron chi connectivity index (χ2n) is 12.8. The smallest absolute Gasteiger partial charge is 0.347 e. The van der Waals surface area contributed by atoms with E-state index in [1.54, 1.807) is 19.2 Å². The van der Waals surface area contributed by atoms with Crippen molar-refractivity contribution < 1.29 is 14.0 Å². The van der Waals surface area contributed by atoms with Gasteiger partial charge in [0.1, 0.15) is 11.1 Å². The van der Waals surface area contributed by atoms with Crippen molar-refractivity contribution in [1.82, 2.24) is 5.06 Å². The number of likely N-dealkylation sites (N-methyl/N-ethyl adjacent to an activating group) is 1. The van der Waals surface area contributed by atoms with Crippen LogP contribution in [0.5, 0.6) is 0 Å². The summed E-state index contributed by atoms with van der Waals surface area (Å²) in [4.78, 5) is 33.7. The number of nitrogens with zero attached hydrogens (tertiary/aromatic N) is 2. The number of allylic oxidation sites excluding steroid dienone is 1. The minimum atomic E-state index is -0.622. The number of hydrogen-bond acceptors (Lipinski definition) is 6. The molecule has 38 heavy (non-hydrogen) atoms. The van der Waals surface area contributed by atoms with E-state index in [0.717, 1.165) is 37.0 Å². The number of rotatable bonds is 14. The molecule has 1 aromatic heterocycles. The van der Waals surface area contributed by atoms with Crippen molar-refractivity contribution in [2.24, 2.45) is 22.2 Å². The fourth-order valence-electron chi connectivity index (χ4n) is 5.00. The zero-order valence-electron chi connectivity index (χ0n) is 25.4. The lowest BCUT2D eigenvalue weighted by atomic mass is 9.57. The Balaban J connectivity index is 2.07. The highest BCUT2D eigenvalue weighted by Gasteiger charge is 2.42. The van der Waals surface area contributed by atoms with E-state index in [9.17, 15) is 9.59 Å². The Kier molecular flexibility index (Phi) is 10.5. The SMILES string of the molecule is C=CC(CC(C)(C)C)C(C)(C)C(C)(C)CCON(C)CC(=O)c1cc2cc(N(CC)CC)ccc2oc1=O. The van der Waals surface area contributed by atoms with Gasteiger partial charge in [0, 0.05) is 31.2 Å². The third-order valence-corrected chi connectivity index (χ3v) is 8.34. The molecule has 0 bridgehead atoms. The molecule has 0 aliphatic carbocycles. The molecule has 2 aromatic rings. The lowest BCUT2D eigenvalue weighted by molar-refractivity contribution is -0.144. The zero-order valence-corrected chi connectivity index (χ0v) is 25.4. The molecule has 212 valence electrons. The first-order valence-electron chi connectivity index (χ1n) is 13.9. The number of Topliss-reactive ketones (excluding diaryl/α,β-unsaturated/α-hetero) is 1. The van der Waals surface area contributed by atoms with Crippen LogP contribution in [0, 0.1) is 22.2 Å². The van der Waals surface area contributed by atoms with Crippen LogP contribution >= 0.6 is 0 Å². The van der Waals surface area contributed by atoms with Gasteiger partial charge in [0.25, 0.3) is 0 Å². The lowest BCUT2D eigenvalue weighted by Gasteiger charge is -2.48. The predicted molar refractivity (Wildman–Crippen MR) is 159 cm³/mol. The number of hydroxylamine groups is 2. The van der Waals surface area contributed by atoms with Gasteiger partial charge in [-0.15, -0.1) is 6.58 Å². The average Bonchev–Trinajstić information content (AvgIpc) is 2.81. The molecule has 0 amide bonds. The van der Waals surface area contributed by atoms with Gasteiger partial charge in [-0.25, -0.2) is 4.79 Å². The summed E-state index contributed by atoms with van der Waals surface area (Å²) in [6, 6.07) is 7.32. The van der Waals surface area contributed by atoms with Gasteiger partial charge in [-0.3, -0.25) is 9.63 Å². The summed E-state index contributed by atoms with van der Waals surface area (Å²) < 4.78 is 5.47. The van der Waals surface area contributed by atoms with Crippen LogP contribution < -0.4 is 10.5 Å². The Morgan fingerprint density at radius 3 is 2.26 bits per heavy atom. The van der Waals surface area contributed by atoms with E-state index in [-0.39, 0.29) is 34.1 Å². The topological polar surface area (TPSA) is 63.0 Å². The minimum absolute atomic E-state index is 0.00776. The highest BCUT2D eigenvalue weighted by Crippen LogP contribution is 2.50. The molecule has 1 unspecified atom stereocenters. The number of hydrogen-bond donors (Lipinski definition) is 0. The highest BCUT2D eigenvalue weighted by atomic mass is 16.7. The van der Waals surface area contributed by atoms with E-state index >= 15 is 0 Å². The first kappa shape index (κ1) is 31.8. The van der Waals surface area contributed by atoms with Crippen molar-refractivity contribution in [1.29, 1.82) is 0 Å². The van der Waals surface area contributed by atoms with Crippen molar-refractivity contribution in [3.63, 3.8) is 0 Å². The maximum atomic E-state index is 13.0. The molecule has 0 saturated carbocycles. The van der Waals surface area contributed by atoms with Crippen molar-refractivity contribution in [2.75, 3.05) is 38.2 Å². The first-order chi connectivity index (χ1) is 17.6. The lowest BCUT2D eigenvalue weighted by Crippen LogP contribution is -2.41. The molecule has 1 heterocycles. The molecule has 1 aromatic carbocycles. The first-order valence-corrected chi connectivity index (χ1v) is 13.9. The summed E-state index contributed by atoms with van der Waals surface area (Å²) in [5.41, 5.74) is 1.12. The van der Waals surface area contributed by atoms with Crippen LogP contribution in [0.15, 0.2) is 46.1 Å². The third kappa shape index (κ3) is 7.79. The van der Waals surface area contributed by atoms with Crippen LogP contribution in [0.3, 0.4) is 0 Å². The number of anilines is 1. The van der Waals surface area contributed by atoms with E-state index in [2.05, 4.69) is 79.9 Å². The van der Waals surface area contributed by atoms with Gasteiger partial charge in [0.05, 0.1) is 13.2 Å². The van der Waals surface area contributed by atoms with Crippen LogP contribution in [-0.2, 0) is 4.84 Å². The number of carbonyl (C=O) groups is 1. The molecule has 2 rings (SSSR count). The Hall–Kier alpha value is -2.44. The fourth-order valence-corrected chi connectivity index (χ4v) is 5.00. The van der Waals surface area contributed by atoms with Gasteiger partial charge in [-0.1, -0.05) is 54.5 Å². The molecular weight excluding hydrogens is 476 g/mol. The number of carbonyl (C=O) groups excluding carboxylic acids is 1. The average molecular weight is 527 g/mol. The van der Waals surface area contributed by atoms with Crippen molar-refractivity contribution in [3.8, 4) is 0 Å². The standard InChI is InChI=1S/C32H50N2O4/c1-12-24(21-30(4,5)6)32(9,10)31(7,8)17-18-37-33(11)22-27(35)26-20-23-19-25(34(13-2)14-3)15-16-28(23)38-29(26)36/h12,15-16,19-20,24H,1,13-14,17-18,21-22H2,2-11H3. The number of fused-ring (bicyclic) bond motifs is 1. The van der Waals surface area contributed by atoms with E-state index < -0.39 is 5.63 Å².